The van der Waals surface area contributed by atoms with E-state index in [2.05, 4.69) is 3.77 Å². The van der Waals surface area contributed by atoms with Crippen LogP contribution < -0.4 is 5.11 Å². The van der Waals surface area contributed by atoms with Crippen LogP contribution >= 0.6 is 0 Å². The number of nitrogens with zero attached hydrogens (tertiary/aromatic N) is 1. The number of rotatable bonds is 4. The van der Waals surface area contributed by atoms with E-state index >= 15 is 0 Å². The molecule has 7 heteroatoms. The highest BCUT2D eigenvalue weighted by molar-refractivity contribution is 8.00. The summed E-state index contributed by atoms with van der Waals surface area (Å²) >= 11 is 0. The summed E-state index contributed by atoms with van der Waals surface area (Å²) in [6, 6.07) is 10.8. The topological polar surface area (TPSA) is 69.6 Å². The molecule has 2 aromatic carbocycles. The predicted octanol–water partition coefficient (Wildman–Crippen LogP) is 2.55. The third kappa shape index (κ3) is 3.68. The molecule has 0 bridgehead atoms. The van der Waals surface area contributed by atoms with Gasteiger partial charge in [0.25, 0.3) is 10.0 Å². The van der Waals surface area contributed by atoms with Gasteiger partial charge in [-0.1, -0.05) is 41.6 Å². The Kier molecular flexibility index (Phi) is 4.74. The smallest absolute Gasteiger partial charge is 0.288 e. The minimum Gasteiger partial charge on any atom is -0.872 e. The van der Waals surface area contributed by atoms with Gasteiger partial charge in [0.1, 0.15) is 0 Å². The molecule has 0 amide bonds. The van der Waals surface area contributed by atoms with Gasteiger partial charge in [-0.05, 0) is 35.8 Å². The van der Waals surface area contributed by atoms with Crippen molar-refractivity contribution in [3.63, 3.8) is 0 Å². The Morgan fingerprint density at radius 1 is 1.14 bits per heavy atom. The van der Waals surface area contributed by atoms with Crippen LogP contribution in [0.25, 0.3) is 0 Å². The van der Waals surface area contributed by atoms with Gasteiger partial charge in [-0.3, -0.25) is 0 Å². The van der Waals surface area contributed by atoms with Crippen molar-refractivity contribution in [3.8, 4) is 5.75 Å². The Morgan fingerprint density at radius 3 is 2.33 bits per heavy atom. The first-order valence-corrected chi connectivity index (χ1v) is 8.81. The lowest BCUT2D eigenvalue weighted by Gasteiger charge is -2.13. The van der Waals surface area contributed by atoms with Crippen LogP contribution in [-0.2, 0) is 20.7 Å². The van der Waals surface area contributed by atoms with Crippen molar-refractivity contribution in [2.45, 2.75) is 16.7 Å². The molecule has 0 spiro atoms. The molecule has 0 saturated heterocycles. The van der Waals surface area contributed by atoms with Gasteiger partial charge in [0, 0.05) is 4.90 Å². The maximum Gasteiger partial charge on any atom is 0.288 e. The second-order valence-corrected chi connectivity index (χ2v) is 7.69. The molecule has 1 unspecified atom stereocenters. The van der Waals surface area contributed by atoms with E-state index < -0.39 is 32.5 Å². The van der Waals surface area contributed by atoms with Crippen molar-refractivity contribution < 1.29 is 17.9 Å². The highest BCUT2D eigenvalue weighted by atomic mass is 32.3. The fraction of sp³-hybridized carbons (Fsp3) is 0.143. The minimum absolute atomic E-state index is 0.0116. The number of sulfonamides is 1. The number of aryl methyl sites for hydroxylation is 1. The lowest BCUT2D eigenvalue weighted by molar-refractivity contribution is -0.272. The number of para-hydroxylation sites is 1. The lowest BCUT2D eigenvalue weighted by atomic mass is 10.2. The Labute approximate surface area is 125 Å². The van der Waals surface area contributed by atoms with Gasteiger partial charge in [-0.15, -0.1) is 3.77 Å². The third-order valence-electron chi connectivity index (χ3n) is 2.71. The molecule has 4 nitrogen and oxygen atoms in total. The quantitative estimate of drug-likeness (QED) is 0.867. The van der Waals surface area contributed by atoms with E-state index in [4.69, 9.17) is 0 Å². The molecule has 21 heavy (non-hydrogen) atoms. The van der Waals surface area contributed by atoms with Crippen molar-refractivity contribution in [2.24, 2.45) is 3.77 Å². The van der Waals surface area contributed by atoms with Crippen LogP contribution in [0.3, 0.4) is 0 Å². The second kappa shape index (κ2) is 6.36. The Morgan fingerprint density at radius 2 is 1.76 bits per heavy atom. The molecule has 0 radical (unpaired) electrons. The lowest BCUT2D eigenvalue weighted by Crippen LogP contribution is -2.05. The van der Waals surface area contributed by atoms with Crippen LogP contribution in [0.15, 0.2) is 62.1 Å². The van der Waals surface area contributed by atoms with Gasteiger partial charge in [0.2, 0.25) is 0 Å². The van der Waals surface area contributed by atoms with E-state index in [9.17, 15) is 17.9 Å². The molecule has 1 atom stereocenters. The van der Waals surface area contributed by atoms with Gasteiger partial charge < -0.3 is 5.11 Å². The number of hydrogen-bond acceptors (Lipinski definition) is 3. The molecule has 0 heterocycles. The molecule has 2 rings (SSSR count). The Balaban J connectivity index is 2.49. The Hall–Kier alpha value is -1.73. The van der Waals surface area contributed by atoms with Gasteiger partial charge in [0.05, 0.1) is 4.90 Å². The molecule has 0 aliphatic carbocycles. The molecule has 112 valence electrons. The van der Waals surface area contributed by atoms with Gasteiger partial charge >= 0.3 is 0 Å². The van der Waals surface area contributed by atoms with E-state index in [0.29, 0.717) is 0 Å². The van der Waals surface area contributed by atoms with Crippen molar-refractivity contribution >= 4 is 20.7 Å². The van der Waals surface area contributed by atoms with E-state index in [0.717, 1.165) is 5.56 Å². The first-order valence-electron chi connectivity index (χ1n) is 6.02. The summed E-state index contributed by atoms with van der Waals surface area (Å²) in [6.45, 7) is 1.83. The molecule has 0 N–H and O–H groups in total. The standard InChI is InChI=1S/C14H14FNO3S2/c1-11-6-8-12(9-7-11)21(18,19)16-20(10-15)14-5-3-2-4-13(14)17/h2-9,17H,10H2,1H3/p-1. The van der Waals surface area contributed by atoms with Crippen LogP contribution in [0.2, 0.25) is 0 Å². The summed E-state index contributed by atoms with van der Waals surface area (Å²) < 4.78 is 41.1. The van der Waals surface area contributed by atoms with Crippen LogP contribution in [-0.4, -0.2) is 14.4 Å². The fourth-order valence-electron chi connectivity index (χ4n) is 1.64. The van der Waals surface area contributed by atoms with Crippen LogP contribution in [0.5, 0.6) is 5.75 Å². The summed E-state index contributed by atoms with van der Waals surface area (Å²) in [7, 11) is -5.62. The number of hydrogen-bond donors (Lipinski definition) is 0. The molecule has 0 aromatic heterocycles. The maximum atomic E-state index is 13.1. The summed E-state index contributed by atoms with van der Waals surface area (Å²) in [6.07, 6.45) is 0. The predicted molar refractivity (Wildman–Crippen MR) is 78.3 cm³/mol. The highest BCUT2D eigenvalue weighted by Crippen LogP contribution is 2.22. The van der Waals surface area contributed by atoms with Gasteiger partial charge in [0.15, 0.2) is 6.01 Å². The Bertz CT molecular complexity index is 771. The van der Waals surface area contributed by atoms with Crippen molar-refractivity contribution in [1.29, 1.82) is 0 Å². The fourth-order valence-corrected chi connectivity index (χ4v) is 4.54. The molecule has 0 aliphatic heterocycles. The minimum atomic E-state index is -3.99. The maximum absolute atomic E-state index is 13.1. The van der Waals surface area contributed by atoms with E-state index in [1.807, 2.05) is 6.92 Å². The molecule has 2 aromatic rings. The average Bonchev–Trinajstić information content (AvgIpc) is 2.46. The molecule has 0 aliphatic rings. The monoisotopic (exact) mass is 326 g/mol. The molecule has 0 saturated carbocycles. The van der Waals surface area contributed by atoms with Crippen LogP contribution in [0, 0.1) is 6.92 Å². The van der Waals surface area contributed by atoms with Crippen LogP contribution in [0.4, 0.5) is 4.39 Å². The molecular formula is C14H13FNO3S2-. The number of halogens is 1. The molecule has 0 fully saturated rings. The van der Waals surface area contributed by atoms with Crippen molar-refractivity contribution in [3.05, 3.63) is 54.1 Å². The summed E-state index contributed by atoms with van der Waals surface area (Å²) in [5, 5.41) is 11.7. The van der Waals surface area contributed by atoms with Crippen molar-refractivity contribution in [1.82, 2.24) is 0 Å². The number of benzene rings is 2. The normalized spacial score (nSPS) is 13.2. The zero-order valence-corrected chi connectivity index (χ0v) is 12.8. The highest BCUT2D eigenvalue weighted by Gasteiger charge is 2.15. The zero-order chi connectivity index (χ0) is 15.5. The van der Waals surface area contributed by atoms with Crippen LogP contribution in [0.1, 0.15) is 5.56 Å². The number of alkyl halides is 1. The summed E-state index contributed by atoms with van der Waals surface area (Å²) in [5.74, 6) is -0.415. The first-order chi connectivity index (χ1) is 9.94. The van der Waals surface area contributed by atoms with Gasteiger partial charge in [-0.25, -0.2) is 4.39 Å². The first kappa shape index (κ1) is 15.7. The summed E-state index contributed by atoms with van der Waals surface area (Å²) in [4.78, 5) is 0.0538. The van der Waals surface area contributed by atoms with Crippen molar-refractivity contribution in [2.75, 3.05) is 6.01 Å². The largest absolute Gasteiger partial charge is 0.872 e. The van der Waals surface area contributed by atoms with E-state index in [-0.39, 0.29) is 9.79 Å². The van der Waals surface area contributed by atoms with E-state index in [1.165, 1.54) is 30.3 Å². The molecular weight excluding hydrogens is 313 g/mol. The van der Waals surface area contributed by atoms with Gasteiger partial charge in [-0.2, -0.15) is 8.42 Å². The van der Waals surface area contributed by atoms with E-state index in [1.54, 1.807) is 18.2 Å². The zero-order valence-electron chi connectivity index (χ0n) is 11.2. The second-order valence-electron chi connectivity index (χ2n) is 4.28. The third-order valence-corrected chi connectivity index (χ3v) is 6.14. The average molecular weight is 326 g/mol. The summed E-state index contributed by atoms with van der Waals surface area (Å²) in [5.41, 5.74) is 0.906. The SMILES string of the molecule is Cc1ccc(S(=O)(=O)/N=S(\CF)c2ccccc2[O-])cc1.